The number of carbonyl (C=O) groups is 1. The summed E-state index contributed by atoms with van der Waals surface area (Å²) in [5, 5.41) is 12.5. The van der Waals surface area contributed by atoms with Gasteiger partial charge in [0.2, 0.25) is 0 Å². The first-order valence-corrected chi connectivity index (χ1v) is 6.44. The van der Waals surface area contributed by atoms with Gasteiger partial charge in [0.1, 0.15) is 5.54 Å². The number of hydrogen-bond donors (Lipinski definition) is 2. The fraction of sp³-hybridized carbons (Fsp3) is 0.417. The highest BCUT2D eigenvalue weighted by Crippen LogP contribution is 2.26. The van der Waals surface area contributed by atoms with E-state index < -0.39 is 11.5 Å². The molecule has 86 valence electrons. The first-order valence-electron chi connectivity index (χ1n) is 5.36. The molecule has 0 amide bonds. The van der Waals surface area contributed by atoms with Gasteiger partial charge < -0.3 is 10.4 Å². The van der Waals surface area contributed by atoms with Crippen molar-refractivity contribution < 1.29 is 9.90 Å². The van der Waals surface area contributed by atoms with Crippen molar-refractivity contribution in [2.24, 2.45) is 0 Å². The molecular weight excluding hydrogens is 317 g/mol. The van der Waals surface area contributed by atoms with Crippen LogP contribution in [0, 0.1) is 3.57 Å². The lowest BCUT2D eigenvalue weighted by atomic mass is 9.89. The van der Waals surface area contributed by atoms with Crippen LogP contribution in [0.1, 0.15) is 18.4 Å². The molecule has 0 aromatic heterocycles. The third-order valence-corrected chi connectivity index (χ3v) is 4.16. The van der Waals surface area contributed by atoms with Crippen LogP contribution in [-0.4, -0.2) is 23.2 Å². The first kappa shape index (κ1) is 11.9. The Morgan fingerprint density at radius 3 is 2.81 bits per heavy atom. The van der Waals surface area contributed by atoms with Gasteiger partial charge in [0.25, 0.3) is 0 Å². The Bertz CT molecular complexity index is 400. The van der Waals surface area contributed by atoms with Crippen molar-refractivity contribution in [2.45, 2.75) is 24.8 Å². The van der Waals surface area contributed by atoms with E-state index in [4.69, 9.17) is 0 Å². The molecule has 0 aliphatic carbocycles. The molecule has 3 nitrogen and oxygen atoms in total. The lowest BCUT2D eigenvalue weighted by Gasteiger charge is -2.25. The quantitative estimate of drug-likeness (QED) is 0.834. The molecule has 1 aromatic carbocycles. The summed E-state index contributed by atoms with van der Waals surface area (Å²) in [6.45, 7) is 0.801. The van der Waals surface area contributed by atoms with Gasteiger partial charge in [0.15, 0.2) is 0 Å². The van der Waals surface area contributed by atoms with Crippen molar-refractivity contribution in [1.29, 1.82) is 0 Å². The van der Waals surface area contributed by atoms with Gasteiger partial charge in [0, 0.05) is 9.99 Å². The predicted molar refractivity (Wildman–Crippen MR) is 70.5 cm³/mol. The largest absolute Gasteiger partial charge is 0.480 e. The highest BCUT2D eigenvalue weighted by Gasteiger charge is 2.41. The van der Waals surface area contributed by atoms with Gasteiger partial charge in [-0.2, -0.15) is 0 Å². The summed E-state index contributed by atoms with van der Waals surface area (Å²) >= 11 is 2.26. The number of benzene rings is 1. The van der Waals surface area contributed by atoms with Gasteiger partial charge in [0.05, 0.1) is 0 Å². The molecule has 1 heterocycles. The number of carboxylic acid groups (broad SMARTS) is 1. The standard InChI is InChI=1S/C12H14INO2/c13-10-5-2-1-4-9(10)8-12(11(15)16)6-3-7-14-12/h1-2,4-5,14H,3,6-8H2,(H,15,16)/t12-/m1/s1. The summed E-state index contributed by atoms with van der Waals surface area (Å²) in [6, 6.07) is 7.95. The second kappa shape index (κ2) is 4.71. The average Bonchev–Trinajstić information content (AvgIpc) is 2.71. The Balaban J connectivity index is 2.25. The Labute approximate surface area is 108 Å². The highest BCUT2D eigenvalue weighted by molar-refractivity contribution is 14.1. The van der Waals surface area contributed by atoms with E-state index in [0.29, 0.717) is 12.8 Å². The maximum atomic E-state index is 11.4. The number of carboxylic acids is 1. The van der Waals surface area contributed by atoms with Gasteiger partial charge in [-0.05, 0) is 53.6 Å². The number of halogens is 1. The molecule has 1 fully saturated rings. The highest BCUT2D eigenvalue weighted by atomic mass is 127. The van der Waals surface area contributed by atoms with Gasteiger partial charge in [-0.25, -0.2) is 0 Å². The van der Waals surface area contributed by atoms with Gasteiger partial charge in [-0.15, -0.1) is 0 Å². The van der Waals surface area contributed by atoms with E-state index in [1.54, 1.807) is 0 Å². The summed E-state index contributed by atoms with van der Waals surface area (Å²) < 4.78 is 1.13. The van der Waals surface area contributed by atoms with E-state index >= 15 is 0 Å². The van der Waals surface area contributed by atoms with Crippen LogP contribution in [0.4, 0.5) is 0 Å². The van der Waals surface area contributed by atoms with Gasteiger partial charge >= 0.3 is 5.97 Å². The Hall–Kier alpha value is -0.620. The third-order valence-electron chi connectivity index (χ3n) is 3.10. The lowest BCUT2D eigenvalue weighted by molar-refractivity contribution is -0.144. The van der Waals surface area contributed by atoms with Crippen LogP contribution in [0.2, 0.25) is 0 Å². The number of rotatable bonds is 3. The van der Waals surface area contributed by atoms with Crippen LogP contribution in [0.5, 0.6) is 0 Å². The van der Waals surface area contributed by atoms with Crippen LogP contribution < -0.4 is 5.32 Å². The van der Waals surface area contributed by atoms with Crippen LogP contribution >= 0.6 is 22.6 Å². The number of nitrogens with one attached hydrogen (secondary N) is 1. The lowest BCUT2D eigenvalue weighted by Crippen LogP contribution is -2.49. The molecule has 1 aliphatic heterocycles. The molecule has 0 spiro atoms. The van der Waals surface area contributed by atoms with E-state index in [9.17, 15) is 9.90 Å². The maximum Gasteiger partial charge on any atom is 0.324 e. The van der Waals surface area contributed by atoms with E-state index in [0.717, 1.165) is 22.1 Å². The molecule has 1 atom stereocenters. The van der Waals surface area contributed by atoms with E-state index in [1.807, 2.05) is 24.3 Å². The van der Waals surface area contributed by atoms with Gasteiger partial charge in [-0.1, -0.05) is 18.2 Å². The third kappa shape index (κ3) is 2.22. The number of aliphatic carboxylic acids is 1. The van der Waals surface area contributed by atoms with Crippen LogP contribution in [0.25, 0.3) is 0 Å². The summed E-state index contributed by atoms with van der Waals surface area (Å²) in [5.41, 5.74) is 0.362. The molecule has 0 unspecified atom stereocenters. The summed E-state index contributed by atoms with van der Waals surface area (Å²) in [5.74, 6) is -0.732. The summed E-state index contributed by atoms with van der Waals surface area (Å²) in [6.07, 6.45) is 2.23. The van der Waals surface area contributed by atoms with Crippen molar-refractivity contribution in [2.75, 3.05) is 6.54 Å². The minimum atomic E-state index is -0.749. The second-order valence-electron chi connectivity index (χ2n) is 4.19. The van der Waals surface area contributed by atoms with Gasteiger partial charge in [-0.3, -0.25) is 4.79 Å². The molecule has 0 saturated carbocycles. The zero-order chi connectivity index (χ0) is 11.6. The normalized spacial score (nSPS) is 24.6. The zero-order valence-electron chi connectivity index (χ0n) is 8.87. The Morgan fingerprint density at radius 1 is 1.50 bits per heavy atom. The van der Waals surface area contributed by atoms with Crippen LogP contribution in [0.3, 0.4) is 0 Å². The first-order chi connectivity index (χ1) is 7.64. The fourth-order valence-corrected chi connectivity index (χ4v) is 2.76. The fourth-order valence-electron chi connectivity index (χ4n) is 2.18. The molecule has 2 rings (SSSR count). The van der Waals surface area contributed by atoms with Crippen molar-refractivity contribution in [3.63, 3.8) is 0 Å². The van der Waals surface area contributed by atoms with Crippen LogP contribution in [-0.2, 0) is 11.2 Å². The predicted octanol–water partition coefficient (Wildman–Crippen LogP) is 2.04. The van der Waals surface area contributed by atoms with Crippen molar-refractivity contribution in [3.8, 4) is 0 Å². The molecular formula is C12H14INO2. The Kier molecular flexibility index (Phi) is 3.49. The Morgan fingerprint density at radius 2 is 2.25 bits per heavy atom. The summed E-state index contributed by atoms with van der Waals surface area (Å²) in [4.78, 5) is 11.4. The maximum absolute atomic E-state index is 11.4. The van der Waals surface area contributed by atoms with Crippen molar-refractivity contribution >= 4 is 28.6 Å². The molecule has 1 aromatic rings. The van der Waals surface area contributed by atoms with E-state index in [-0.39, 0.29) is 0 Å². The second-order valence-corrected chi connectivity index (χ2v) is 5.35. The van der Waals surface area contributed by atoms with Crippen LogP contribution in [0.15, 0.2) is 24.3 Å². The molecule has 4 heteroatoms. The minimum absolute atomic E-state index is 0.571. The summed E-state index contributed by atoms with van der Waals surface area (Å²) in [7, 11) is 0. The van der Waals surface area contributed by atoms with E-state index in [1.165, 1.54) is 0 Å². The SMILES string of the molecule is O=C(O)[C@]1(Cc2ccccc2I)CCCN1. The minimum Gasteiger partial charge on any atom is -0.480 e. The number of hydrogen-bond acceptors (Lipinski definition) is 2. The smallest absolute Gasteiger partial charge is 0.324 e. The monoisotopic (exact) mass is 331 g/mol. The topological polar surface area (TPSA) is 49.3 Å². The molecule has 2 N–H and O–H groups in total. The molecule has 1 aliphatic rings. The molecule has 1 saturated heterocycles. The molecule has 0 radical (unpaired) electrons. The molecule has 16 heavy (non-hydrogen) atoms. The zero-order valence-corrected chi connectivity index (χ0v) is 11.0. The van der Waals surface area contributed by atoms with Crippen molar-refractivity contribution in [1.82, 2.24) is 5.32 Å². The molecule has 0 bridgehead atoms. The average molecular weight is 331 g/mol. The van der Waals surface area contributed by atoms with Crippen molar-refractivity contribution in [3.05, 3.63) is 33.4 Å². The van der Waals surface area contributed by atoms with E-state index in [2.05, 4.69) is 27.9 Å².